The van der Waals surface area contributed by atoms with Gasteiger partial charge < -0.3 is 4.74 Å². The van der Waals surface area contributed by atoms with Gasteiger partial charge in [0.25, 0.3) is 0 Å². The molecule has 3 heteroatoms. The summed E-state index contributed by atoms with van der Waals surface area (Å²) in [5, 5.41) is 0.725. The van der Waals surface area contributed by atoms with Gasteiger partial charge >= 0.3 is 0 Å². The van der Waals surface area contributed by atoms with Crippen molar-refractivity contribution in [1.29, 1.82) is 0 Å². The smallest absolute Gasteiger partial charge is 0.123 e. The van der Waals surface area contributed by atoms with Crippen LogP contribution in [0.25, 0.3) is 0 Å². The molecule has 0 N–H and O–H groups in total. The summed E-state index contributed by atoms with van der Waals surface area (Å²) in [5.74, 6) is 1.76. The Labute approximate surface area is 128 Å². The average molecular weight is 301 g/mol. The van der Waals surface area contributed by atoms with Crippen molar-refractivity contribution in [1.82, 2.24) is 0 Å². The first-order valence-corrected chi connectivity index (χ1v) is 8.07. The maximum absolute atomic E-state index is 6.05. The van der Waals surface area contributed by atoms with Crippen molar-refractivity contribution in [3.8, 4) is 5.75 Å². The van der Waals surface area contributed by atoms with Gasteiger partial charge in [0.1, 0.15) is 5.75 Å². The van der Waals surface area contributed by atoms with E-state index in [-0.39, 0.29) is 5.41 Å². The Hall–Kier alpha value is -0.340. The minimum absolute atomic E-state index is 0.182. The minimum Gasteiger partial charge on any atom is -0.493 e. The monoisotopic (exact) mass is 300 g/mol. The Kier molecular flexibility index (Phi) is 7.09. The number of aryl methyl sites for hydroxylation is 1. The molecule has 19 heavy (non-hydrogen) atoms. The third kappa shape index (κ3) is 4.92. The highest BCUT2D eigenvalue weighted by Gasteiger charge is 2.28. The van der Waals surface area contributed by atoms with Crippen LogP contribution in [0.5, 0.6) is 5.75 Å². The van der Waals surface area contributed by atoms with E-state index in [0.29, 0.717) is 0 Å². The predicted octanol–water partition coefficient (Wildman–Crippen LogP) is 5.54. The SMILES string of the molecule is CCCC(CS)(CCC)COc1cc(Cl)ccc1C. The molecule has 0 radical (unpaired) electrons. The van der Waals surface area contributed by atoms with E-state index in [2.05, 4.69) is 26.5 Å². The highest BCUT2D eigenvalue weighted by atomic mass is 35.5. The van der Waals surface area contributed by atoms with E-state index in [1.807, 2.05) is 25.1 Å². The molecule has 0 spiro atoms. The highest BCUT2D eigenvalue weighted by molar-refractivity contribution is 7.80. The zero-order valence-electron chi connectivity index (χ0n) is 12.2. The van der Waals surface area contributed by atoms with Crippen molar-refractivity contribution >= 4 is 24.2 Å². The van der Waals surface area contributed by atoms with E-state index < -0.39 is 0 Å². The summed E-state index contributed by atoms with van der Waals surface area (Å²) in [6.07, 6.45) is 4.64. The van der Waals surface area contributed by atoms with Gasteiger partial charge in [-0.25, -0.2) is 0 Å². The molecule has 0 saturated carbocycles. The summed E-state index contributed by atoms with van der Waals surface area (Å²) in [6.45, 7) is 7.21. The van der Waals surface area contributed by atoms with E-state index in [1.54, 1.807) is 0 Å². The molecule has 0 heterocycles. The van der Waals surface area contributed by atoms with E-state index in [0.717, 1.165) is 41.5 Å². The quantitative estimate of drug-likeness (QED) is 0.620. The number of halogens is 1. The lowest BCUT2D eigenvalue weighted by molar-refractivity contribution is 0.143. The van der Waals surface area contributed by atoms with Crippen LogP contribution < -0.4 is 4.74 Å². The first-order chi connectivity index (χ1) is 9.06. The summed E-state index contributed by atoms with van der Waals surface area (Å²) in [4.78, 5) is 0. The van der Waals surface area contributed by atoms with Gasteiger partial charge in [-0.15, -0.1) is 0 Å². The van der Waals surface area contributed by atoms with Crippen molar-refractivity contribution in [2.24, 2.45) is 5.41 Å². The first kappa shape index (κ1) is 16.7. The lowest BCUT2D eigenvalue weighted by atomic mass is 9.82. The fourth-order valence-electron chi connectivity index (χ4n) is 2.49. The van der Waals surface area contributed by atoms with Crippen molar-refractivity contribution in [2.45, 2.75) is 46.5 Å². The molecule has 0 saturated heterocycles. The van der Waals surface area contributed by atoms with Gasteiger partial charge in [-0.05, 0) is 43.2 Å². The van der Waals surface area contributed by atoms with Crippen LogP contribution in [-0.2, 0) is 0 Å². The summed E-state index contributed by atoms with van der Waals surface area (Å²) >= 11 is 10.6. The van der Waals surface area contributed by atoms with E-state index in [1.165, 1.54) is 12.8 Å². The van der Waals surface area contributed by atoms with Gasteiger partial charge in [0, 0.05) is 10.4 Å². The molecule has 1 rings (SSSR count). The Bertz CT molecular complexity index is 386. The zero-order valence-corrected chi connectivity index (χ0v) is 13.9. The predicted molar refractivity (Wildman–Crippen MR) is 87.8 cm³/mol. The average Bonchev–Trinajstić information content (AvgIpc) is 2.40. The highest BCUT2D eigenvalue weighted by Crippen LogP contribution is 2.33. The van der Waals surface area contributed by atoms with E-state index in [9.17, 15) is 0 Å². The Morgan fingerprint density at radius 2 is 1.84 bits per heavy atom. The van der Waals surface area contributed by atoms with Crippen LogP contribution in [0.4, 0.5) is 0 Å². The third-order valence-electron chi connectivity index (χ3n) is 3.58. The van der Waals surface area contributed by atoms with Crippen LogP contribution in [0.2, 0.25) is 5.02 Å². The van der Waals surface area contributed by atoms with E-state index >= 15 is 0 Å². The molecule has 0 aromatic heterocycles. The van der Waals surface area contributed by atoms with Crippen molar-refractivity contribution in [3.05, 3.63) is 28.8 Å². The van der Waals surface area contributed by atoms with Crippen LogP contribution in [0.15, 0.2) is 18.2 Å². The molecule has 0 aliphatic heterocycles. The van der Waals surface area contributed by atoms with Crippen molar-refractivity contribution in [2.75, 3.05) is 12.4 Å². The van der Waals surface area contributed by atoms with Crippen molar-refractivity contribution in [3.63, 3.8) is 0 Å². The van der Waals surface area contributed by atoms with Gasteiger partial charge in [0.2, 0.25) is 0 Å². The number of rotatable bonds is 8. The summed E-state index contributed by atoms with van der Waals surface area (Å²) < 4.78 is 6.05. The Morgan fingerprint density at radius 1 is 1.21 bits per heavy atom. The Morgan fingerprint density at radius 3 is 2.37 bits per heavy atom. The molecule has 1 nitrogen and oxygen atoms in total. The third-order valence-corrected chi connectivity index (χ3v) is 4.49. The fourth-order valence-corrected chi connectivity index (χ4v) is 3.06. The lowest BCUT2D eigenvalue weighted by Crippen LogP contribution is -2.30. The molecule has 0 aliphatic rings. The number of ether oxygens (including phenoxy) is 1. The molecule has 108 valence electrons. The van der Waals surface area contributed by atoms with Crippen molar-refractivity contribution < 1.29 is 4.74 Å². The van der Waals surface area contributed by atoms with Crippen LogP contribution >= 0.6 is 24.2 Å². The lowest BCUT2D eigenvalue weighted by Gasteiger charge is -2.32. The molecule has 0 bridgehead atoms. The largest absolute Gasteiger partial charge is 0.493 e. The Balaban J connectivity index is 2.77. The maximum atomic E-state index is 6.05. The summed E-state index contributed by atoms with van der Waals surface area (Å²) in [7, 11) is 0. The molecule has 0 atom stereocenters. The number of thiol groups is 1. The number of hydrogen-bond acceptors (Lipinski definition) is 2. The van der Waals surface area contributed by atoms with Gasteiger partial charge in [-0.3, -0.25) is 0 Å². The molecule has 0 unspecified atom stereocenters. The zero-order chi connectivity index (χ0) is 14.3. The van der Waals surface area contributed by atoms with Gasteiger partial charge in [-0.2, -0.15) is 12.6 Å². The fraction of sp³-hybridized carbons (Fsp3) is 0.625. The molecule has 1 aromatic rings. The van der Waals surface area contributed by atoms with Gasteiger partial charge in [-0.1, -0.05) is 44.4 Å². The summed E-state index contributed by atoms with van der Waals surface area (Å²) in [6, 6.07) is 5.80. The van der Waals surface area contributed by atoms with Gasteiger partial charge in [0.15, 0.2) is 0 Å². The molecule has 0 aliphatic carbocycles. The normalized spacial score (nSPS) is 11.6. The maximum Gasteiger partial charge on any atom is 0.123 e. The molecular formula is C16H25ClOS. The van der Waals surface area contributed by atoms with Crippen LogP contribution in [0.1, 0.15) is 45.1 Å². The topological polar surface area (TPSA) is 9.23 Å². The minimum atomic E-state index is 0.182. The standard InChI is InChI=1S/C16H25ClOS/c1-4-8-16(12-19,9-5-2)11-18-15-10-14(17)7-6-13(15)3/h6-7,10,19H,4-5,8-9,11-12H2,1-3H3. The second-order valence-electron chi connectivity index (χ2n) is 5.36. The van der Waals surface area contributed by atoms with Crippen LogP contribution in [-0.4, -0.2) is 12.4 Å². The van der Waals surface area contributed by atoms with Crippen LogP contribution in [0, 0.1) is 12.3 Å². The van der Waals surface area contributed by atoms with Gasteiger partial charge in [0.05, 0.1) is 6.61 Å². The number of benzene rings is 1. The van der Waals surface area contributed by atoms with Crippen LogP contribution in [0.3, 0.4) is 0 Å². The molecule has 1 aromatic carbocycles. The number of hydrogen-bond donors (Lipinski definition) is 1. The first-order valence-electron chi connectivity index (χ1n) is 7.06. The molecule has 0 amide bonds. The summed E-state index contributed by atoms with van der Waals surface area (Å²) in [5.41, 5.74) is 1.31. The molecule has 0 fully saturated rings. The second kappa shape index (κ2) is 8.06. The second-order valence-corrected chi connectivity index (χ2v) is 6.11. The van der Waals surface area contributed by atoms with E-state index in [4.69, 9.17) is 16.3 Å². The molecular weight excluding hydrogens is 276 g/mol.